The number of rotatable bonds is 6. The third-order valence-electron chi connectivity index (χ3n) is 3.61. The van der Waals surface area contributed by atoms with Crippen molar-refractivity contribution in [3.8, 4) is 0 Å². The van der Waals surface area contributed by atoms with Crippen molar-refractivity contribution < 1.29 is 4.42 Å². The van der Waals surface area contributed by atoms with E-state index in [0.29, 0.717) is 0 Å². The van der Waals surface area contributed by atoms with E-state index in [9.17, 15) is 0 Å². The maximum absolute atomic E-state index is 5.40. The molecule has 17 heavy (non-hydrogen) atoms. The van der Waals surface area contributed by atoms with Crippen molar-refractivity contribution in [3.05, 3.63) is 24.2 Å². The summed E-state index contributed by atoms with van der Waals surface area (Å²) in [5, 5.41) is 3.61. The molecule has 1 fully saturated rings. The molecule has 1 aromatic rings. The van der Waals surface area contributed by atoms with Crippen LogP contribution in [-0.4, -0.2) is 30.6 Å². The lowest BCUT2D eigenvalue weighted by Crippen LogP contribution is -2.37. The van der Waals surface area contributed by atoms with Crippen LogP contribution in [0.15, 0.2) is 22.8 Å². The van der Waals surface area contributed by atoms with E-state index in [2.05, 4.69) is 23.2 Å². The average Bonchev–Trinajstić information content (AvgIpc) is 2.88. The zero-order chi connectivity index (χ0) is 11.9. The first-order valence-corrected chi connectivity index (χ1v) is 6.86. The summed E-state index contributed by atoms with van der Waals surface area (Å²) in [4.78, 5) is 2.45. The van der Waals surface area contributed by atoms with E-state index < -0.39 is 0 Å². The van der Waals surface area contributed by atoms with Crippen LogP contribution < -0.4 is 5.32 Å². The lowest BCUT2D eigenvalue weighted by Gasteiger charge is -2.26. The summed E-state index contributed by atoms with van der Waals surface area (Å²) < 4.78 is 5.40. The molecule has 1 aliphatic heterocycles. The van der Waals surface area contributed by atoms with Crippen molar-refractivity contribution in [1.82, 2.24) is 10.2 Å². The number of hydrogen-bond donors (Lipinski definition) is 1. The van der Waals surface area contributed by atoms with E-state index in [1.165, 1.54) is 32.2 Å². The van der Waals surface area contributed by atoms with Gasteiger partial charge in [0.2, 0.25) is 0 Å². The molecule has 1 saturated heterocycles. The molecule has 2 heterocycles. The Kier molecular flexibility index (Phi) is 5.08. The van der Waals surface area contributed by atoms with Gasteiger partial charge in [-0.15, -0.1) is 0 Å². The third-order valence-corrected chi connectivity index (χ3v) is 3.61. The highest BCUT2D eigenvalue weighted by molar-refractivity contribution is 4.97. The van der Waals surface area contributed by atoms with Gasteiger partial charge in [-0.3, -0.25) is 4.90 Å². The SMILES string of the molecule is CCN(CCC1CCCCN1)Cc1ccco1. The monoisotopic (exact) mass is 236 g/mol. The molecule has 0 aromatic carbocycles. The quantitative estimate of drug-likeness (QED) is 0.823. The molecule has 0 saturated carbocycles. The van der Waals surface area contributed by atoms with Crippen molar-refractivity contribution in [3.63, 3.8) is 0 Å². The van der Waals surface area contributed by atoms with Gasteiger partial charge < -0.3 is 9.73 Å². The van der Waals surface area contributed by atoms with E-state index in [-0.39, 0.29) is 0 Å². The highest BCUT2D eigenvalue weighted by Gasteiger charge is 2.14. The topological polar surface area (TPSA) is 28.4 Å². The van der Waals surface area contributed by atoms with Crippen LogP contribution in [0, 0.1) is 0 Å². The fraction of sp³-hybridized carbons (Fsp3) is 0.714. The smallest absolute Gasteiger partial charge is 0.117 e. The van der Waals surface area contributed by atoms with Crippen LogP contribution in [0.2, 0.25) is 0 Å². The van der Waals surface area contributed by atoms with Crippen molar-refractivity contribution >= 4 is 0 Å². The fourth-order valence-corrected chi connectivity index (χ4v) is 2.48. The highest BCUT2D eigenvalue weighted by Crippen LogP contribution is 2.12. The normalized spacial score (nSPS) is 20.9. The molecule has 1 unspecified atom stereocenters. The molecule has 0 aliphatic carbocycles. The number of furan rings is 1. The Morgan fingerprint density at radius 3 is 3.06 bits per heavy atom. The van der Waals surface area contributed by atoms with E-state index >= 15 is 0 Å². The van der Waals surface area contributed by atoms with Crippen LogP contribution in [0.1, 0.15) is 38.4 Å². The molecule has 96 valence electrons. The van der Waals surface area contributed by atoms with Crippen molar-refractivity contribution in [2.24, 2.45) is 0 Å². The summed E-state index contributed by atoms with van der Waals surface area (Å²) in [7, 11) is 0. The Morgan fingerprint density at radius 1 is 1.47 bits per heavy atom. The van der Waals surface area contributed by atoms with Crippen LogP contribution in [0.25, 0.3) is 0 Å². The summed E-state index contributed by atoms with van der Waals surface area (Å²) in [5.41, 5.74) is 0. The first kappa shape index (κ1) is 12.7. The molecule has 1 aromatic heterocycles. The zero-order valence-electron chi connectivity index (χ0n) is 10.8. The maximum atomic E-state index is 5.40. The minimum atomic E-state index is 0.731. The van der Waals surface area contributed by atoms with Gasteiger partial charge in [0.25, 0.3) is 0 Å². The van der Waals surface area contributed by atoms with Gasteiger partial charge >= 0.3 is 0 Å². The largest absolute Gasteiger partial charge is 0.468 e. The lowest BCUT2D eigenvalue weighted by atomic mass is 10.0. The van der Waals surface area contributed by atoms with Crippen LogP contribution in [0.5, 0.6) is 0 Å². The van der Waals surface area contributed by atoms with Gasteiger partial charge in [-0.05, 0) is 44.5 Å². The van der Waals surface area contributed by atoms with E-state index in [4.69, 9.17) is 4.42 Å². The van der Waals surface area contributed by atoms with Crippen molar-refractivity contribution in [2.75, 3.05) is 19.6 Å². The van der Waals surface area contributed by atoms with Crippen molar-refractivity contribution in [2.45, 2.75) is 45.2 Å². The molecule has 3 heteroatoms. The second kappa shape index (κ2) is 6.82. The minimum Gasteiger partial charge on any atom is -0.468 e. The standard InChI is InChI=1S/C14H24N2O/c1-2-16(12-14-7-5-11-17-14)10-8-13-6-3-4-9-15-13/h5,7,11,13,15H,2-4,6,8-10,12H2,1H3. The van der Waals surface area contributed by atoms with Crippen molar-refractivity contribution in [1.29, 1.82) is 0 Å². The van der Waals surface area contributed by atoms with Gasteiger partial charge in [0, 0.05) is 12.6 Å². The van der Waals surface area contributed by atoms with Gasteiger partial charge in [0.05, 0.1) is 12.8 Å². The molecular formula is C14H24N2O. The van der Waals surface area contributed by atoms with Crippen LogP contribution in [-0.2, 0) is 6.54 Å². The van der Waals surface area contributed by atoms with E-state index in [0.717, 1.165) is 31.4 Å². The number of hydrogen-bond acceptors (Lipinski definition) is 3. The number of nitrogens with one attached hydrogen (secondary N) is 1. The molecular weight excluding hydrogens is 212 g/mol. The summed E-state index contributed by atoms with van der Waals surface area (Å²) in [6.45, 7) is 6.62. The van der Waals surface area contributed by atoms with Crippen LogP contribution >= 0.6 is 0 Å². The first-order valence-electron chi connectivity index (χ1n) is 6.86. The molecule has 0 bridgehead atoms. The number of piperidine rings is 1. The molecule has 3 nitrogen and oxygen atoms in total. The maximum Gasteiger partial charge on any atom is 0.117 e. The summed E-state index contributed by atoms with van der Waals surface area (Å²) in [6, 6.07) is 4.75. The minimum absolute atomic E-state index is 0.731. The molecule has 1 atom stereocenters. The molecule has 1 N–H and O–H groups in total. The first-order chi connectivity index (χ1) is 8.38. The second-order valence-electron chi connectivity index (χ2n) is 4.88. The Hall–Kier alpha value is -0.800. The second-order valence-corrected chi connectivity index (χ2v) is 4.88. The summed E-state index contributed by atoms with van der Waals surface area (Å²) in [6.07, 6.45) is 7.10. The highest BCUT2D eigenvalue weighted by atomic mass is 16.3. The Balaban J connectivity index is 1.71. The Morgan fingerprint density at radius 2 is 2.41 bits per heavy atom. The molecule has 1 aliphatic rings. The van der Waals surface area contributed by atoms with Gasteiger partial charge in [-0.2, -0.15) is 0 Å². The lowest BCUT2D eigenvalue weighted by molar-refractivity contribution is 0.233. The Bertz CT molecular complexity index is 291. The molecule has 2 rings (SSSR count). The average molecular weight is 236 g/mol. The summed E-state index contributed by atoms with van der Waals surface area (Å²) >= 11 is 0. The predicted molar refractivity (Wildman–Crippen MR) is 69.9 cm³/mol. The fourth-order valence-electron chi connectivity index (χ4n) is 2.48. The molecule has 0 radical (unpaired) electrons. The van der Waals surface area contributed by atoms with Gasteiger partial charge in [-0.1, -0.05) is 13.3 Å². The van der Waals surface area contributed by atoms with E-state index in [1.807, 2.05) is 6.07 Å². The van der Waals surface area contributed by atoms with Gasteiger partial charge in [-0.25, -0.2) is 0 Å². The van der Waals surface area contributed by atoms with E-state index in [1.54, 1.807) is 6.26 Å². The van der Waals surface area contributed by atoms with Crippen LogP contribution in [0.4, 0.5) is 0 Å². The van der Waals surface area contributed by atoms with Gasteiger partial charge in [0.1, 0.15) is 5.76 Å². The zero-order valence-corrected chi connectivity index (χ0v) is 10.8. The predicted octanol–water partition coefficient (Wildman–Crippen LogP) is 2.63. The Labute approximate surface area is 104 Å². The molecule has 0 amide bonds. The summed E-state index contributed by atoms with van der Waals surface area (Å²) in [5.74, 6) is 1.07. The third kappa shape index (κ3) is 4.17. The number of nitrogens with zero attached hydrogens (tertiary/aromatic N) is 1. The van der Waals surface area contributed by atoms with Gasteiger partial charge in [0.15, 0.2) is 0 Å². The molecule has 0 spiro atoms. The van der Waals surface area contributed by atoms with Crippen LogP contribution in [0.3, 0.4) is 0 Å².